The van der Waals surface area contributed by atoms with E-state index in [-0.39, 0.29) is 0 Å². The number of halogens is 2. The van der Waals surface area contributed by atoms with Gasteiger partial charge in [0.15, 0.2) is 0 Å². The number of alkyl halides is 1. The van der Waals surface area contributed by atoms with Gasteiger partial charge in [0.2, 0.25) is 0 Å². The molecule has 1 aliphatic heterocycles. The lowest BCUT2D eigenvalue weighted by Gasteiger charge is -2.31. The van der Waals surface area contributed by atoms with Crippen LogP contribution in [-0.4, -0.2) is 34.6 Å². The van der Waals surface area contributed by atoms with Gasteiger partial charge in [-0.05, 0) is 51.2 Å². The van der Waals surface area contributed by atoms with Crippen molar-refractivity contribution < 1.29 is 0 Å². The lowest BCUT2D eigenvalue weighted by atomic mass is 10.0. The van der Waals surface area contributed by atoms with E-state index in [0.29, 0.717) is 11.9 Å². The molecule has 19 heavy (non-hydrogen) atoms. The molecule has 0 atom stereocenters. The third-order valence-corrected chi connectivity index (χ3v) is 4.37. The summed E-state index contributed by atoms with van der Waals surface area (Å²) in [6.45, 7) is 2.25. The lowest BCUT2D eigenvalue weighted by molar-refractivity contribution is 0.222. The highest BCUT2D eigenvalue weighted by atomic mass is 35.5. The molecule has 5 heteroatoms. The summed E-state index contributed by atoms with van der Waals surface area (Å²) in [5.74, 6) is 1.40. The monoisotopic (exact) mass is 297 g/mol. The molecule has 0 N–H and O–H groups in total. The maximum atomic E-state index is 6.06. The molecule has 1 aromatic carbocycles. The number of benzene rings is 1. The second kappa shape index (κ2) is 5.31. The van der Waals surface area contributed by atoms with E-state index < -0.39 is 0 Å². The maximum absolute atomic E-state index is 6.06. The van der Waals surface area contributed by atoms with E-state index >= 15 is 0 Å². The summed E-state index contributed by atoms with van der Waals surface area (Å²) < 4.78 is 2.31. The first-order valence-electron chi connectivity index (χ1n) is 6.60. The summed E-state index contributed by atoms with van der Waals surface area (Å²) >= 11 is 12.1. The quantitative estimate of drug-likeness (QED) is 0.788. The molecule has 0 aliphatic carbocycles. The molecule has 2 aromatic rings. The first-order valence-corrected chi connectivity index (χ1v) is 7.51. The summed E-state index contributed by atoms with van der Waals surface area (Å²) in [4.78, 5) is 6.99. The number of piperidine rings is 1. The lowest BCUT2D eigenvalue weighted by Crippen LogP contribution is -2.31. The van der Waals surface area contributed by atoms with Gasteiger partial charge in [-0.1, -0.05) is 11.6 Å². The second-order valence-corrected chi connectivity index (χ2v) is 5.90. The predicted molar refractivity (Wildman–Crippen MR) is 80.1 cm³/mol. The minimum absolute atomic E-state index is 0.443. The number of rotatable bonds is 2. The highest BCUT2D eigenvalue weighted by Gasteiger charge is 2.22. The molecule has 1 saturated heterocycles. The highest BCUT2D eigenvalue weighted by molar-refractivity contribution is 6.31. The summed E-state index contributed by atoms with van der Waals surface area (Å²) in [6, 6.07) is 6.39. The van der Waals surface area contributed by atoms with Gasteiger partial charge in [-0.2, -0.15) is 0 Å². The second-order valence-electron chi connectivity index (χ2n) is 5.20. The van der Waals surface area contributed by atoms with Crippen molar-refractivity contribution in [3.63, 3.8) is 0 Å². The third-order valence-electron chi connectivity index (χ3n) is 3.90. The van der Waals surface area contributed by atoms with E-state index in [0.717, 1.165) is 47.8 Å². The zero-order chi connectivity index (χ0) is 13.4. The molecule has 0 bridgehead atoms. The number of hydrogen-bond acceptors (Lipinski definition) is 2. The fourth-order valence-electron chi connectivity index (χ4n) is 2.88. The molecule has 1 fully saturated rings. The Morgan fingerprint density at radius 2 is 2.05 bits per heavy atom. The Morgan fingerprint density at radius 3 is 2.74 bits per heavy atom. The van der Waals surface area contributed by atoms with Crippen molar-refractivity contribution in [3.8, 4) is 0 Å². The van der Waals surface area contributed by atoms with Crippen molar-refractivity contribution in [2.45, 2.75) is 24.8 Å². The molecule has 0 saturated carbocycles. The zero-order valence-electron chi connectivity index (χ0n) is 10.9. The smallest absolute Gasteiger partial charge is 0.125 e. The molecule has 3 nitrogen and oxygen atoms in total. The molecule has 0 unspecified atom stereocenters. The Hall–Kier alpha value is -0.770. The Kier molecular flexibility index (Phi) is 3.70. The summed E-state index contributed by atoms with van der Waals surface area (Å²) in [5, 5.41) is 0.724. The van der Waals surface area contributed by atoms with E-state index in [4.69, 9.17) is 23.2 Å². The van der Waals surface area contributed by atoms with E-state index in [1.807, 2.05) is 12.1 Å². The Balaban J connectivity index is 2.05. The molecular formula is C14H17Cl2N3. The van der Waals surface area contributed by atoms with Crippen molar-refractivity contribution in [1.82, 2.24) is 14.5 Å². The minimum Gasteiger partial charge on any atom is -0.324 e. The molecule has 1 aromatic heterocycles. The predicted octanol–water partition coefficient (Wildman–Crippen LogP) is 3.70. The van der Waals surface area contributed by atoms with Gasteiger partial charge in [0.05, 0.1) is 16.9 Å². The first-order chi connectivity index (χ1) is 9.19. The van der Waals surface area contributed by atoms with Gasteiger partial charge in [-0.25, -0.2) is 4.98 Å². The average molecular weight is 298 g/mol. The van der Waals surface area contributed by atoms with E-state index in [1.54, 1.807) is 0 Å². The van der Waals surface area contributed by atoms with Crippen molar-refractivity contribution >= 4 is 34.2 Å². The molecule has 3 rings (SSSR count). The van der Waals surface area contributed by atoms with Gasteiger partial charge in [0, 0.05) is 11.1 Å². The largest absolute Gasteiger partial charge is 0.324 e. The van der Waals surface area contributed by atoms with Crippen LogP contribution in [-0.2, 0) is 5.88 Å². The highest BCUT2D eigenvalue weighted by Crippen LogP contribution is 2.30. The van der Waals surface area contributed by atoms with Crippen LogP contribution >= 0.6 is 23.2 Å². The van der Waals surface area contributed by atoms with Crippen molar-refractivity contribution in [3.05, 3.63) is 29.0 Å². The van der Waals surface area contributed by atoms with Gasteiger partial charge < -0.3 is 9.47 Å². The number of imidazole rings is 1. The number of hydrogen-bond donors (Lipinski definition) is 0. The number of fused-ring (bicyclic) bond motifs is 1. The number of likely N-dealkylation sites (tertiary alicyclic amines) is 1. The third kappa shape index (κ3) is 2.47. The number of nitrogens with zero attached hydrogens (tertiary/aromatic N) is 3. The normalized spacial score (nSPS) is 18.3. The zero-order valence-corrected chi connectivity index (χ0v) is 12.5. The van der Waals surface area contributed by atoms with Gasteiger partial charge in [-0.15, -0.1) is 11.6 Å². The fraction of sp³-hybridized carbons (Fsp3) is 0.500. The first kappa shape index (κ1) is 13.2. The van der Waals surface area contributed by atoms with Crippen molar-refractivity contribution in [2.24, 2.45) is 0 Å². The summed E-state index contributed by atoms with van der Waals surface area (Å²) in [6.07, 6.45) is 2.29. The summed E-state index contributed by atoms with van der Waals surface area (Å²) in [5.41, 5.74) is 2.09. The van der Waals surface area contributed by atoms with Crippen LogP contribution in [0.5, 0.6) is 0 Å². The topological polar surface area (TPSA) is 21.1 Å². The molecule has 0 amide bonds. The molecule has 2 heterocycles. The Morgan fingerprint density at radius 1 is 1.32 bits per heavy atom. The Bertz CT molecular complexity index is 586. The maximum Gasteiger partial charge on any atom is 0.125 e. The van der Waals surface area contributed by atoms with Crippen LogP contribution in [0.15, 0.2) is 18.2 Å². The van der Waals surface area contributed by atoms with Crippen molar-refractivity contribution in [2.75, 3.05) is 20.1 Å². The van der Waals surface area contributed by atoms with Crippen molar-refractivity contribution in [1.29, 1.82) is 0 Å². The van der Waals surface area contributed by atoms with Crippen LogP contribution in [0.3, 0.4) is 0 Å². The molecular weight excluding hydrogens is 281 g/mol. The van der Waals surface area contributed by atoms with Crippen LogP contribution in [0.2, 0.25) is 5.02 Å². The van der Waals surface area contributed by atoms with E-state index in [2.05, 4.69) is 27.6 Å². The molecule has 102 valence electrons. The summed E-state index contributed by atoms with van der Waals surface area (Å²) in [7, 11) is 2.17. The SMILES string of the molecule is CN1CCC(n2c(CCl)nc3cc(Cl)ccc32)CC1. The molecule has 0 spiro atoms. The van der Waals surface area contributed by atoms with Gasteiger partial charge in [-0.3, -0.25) is 0 Å². The Labute approximate surface area is 123 Å². The molecule has 0 radical (unpaired) electrons. The van der Waals surface area contributed by atoms with E-state index in [9.17, 15) is 0 Å². The van der Waals surface area contributed by atoms with Gasteiger partial charge >= 0.3 is 0 Å². The van der Waals surface area contributed by atoms with E-state index in [1.165, 1.54) is 0 Å². The van der Waals surface area contributed by atoms with Gasteiger partial charge in [0.25, 0.3) is 0 Å². The van der Waals surface area contributed by atoms with Crippen LogP contribution < -0.4 is 0 Å². The van der Waals surface area contributed by atoms with Crippen LogP contribution in [0, 0.1) is 0 Å². The minimum atomic E-state index is 0.443. The average Bonchev–Trinajstić information content (AvgIpc) is 2.77. The standard InChI is InChI=1S/C14H17Cl2N3/c1-18-6-4-11(5-7-18)19-13-3-2-10(16)8-12(13)17-14(19)9-15/h2-3,8,11H,4-7,9H2,1H3. The number of aromatic nitrogens is 2. The van der Waals surface area contributed by atoms with Crippen LogP contribution in [0.1, 0.15) is 24.7 Å². The van der Waals surface area contributed by atoms with Crippen LogP contribution in [0.4, 0.5) is 0 Å². The molecule has 1 aliphatic rings. The van der Waals surface area contributed by atoms with Crippen LogP contribution in [0.25, 0.3) is 11.0 Å². The fourth-order valence-corrected chi connectivity index (χ4v) is 3.23. The van der Waals surface area contributed by atoms with Gasteiger partial charge in [0.1, 0.15) is 5.82 Å².